The van der Waals surface area contributed by atoms with Crippen molar-refractivity contribution in [2.45, 2.75) is 40.0 Å². The zero-order valence-electron chi connectivity index (χ0n) is 11.0. The summed E-state index contributed by atoms with van der Waals surface area (Å²) in [6.07, 6.45) is 3.13. The van der Waals surface area contributed by atoms with Crippen molar-refractivity contribution in [1.29, 1.82) is 0 Å². The van der Waals surface area contributed by atoms with Crippen molar-refractivity contribution in [3.63, 3.8) is 0 Å². The SMILES string of the molecule is CC(C)(C)CCS(=O)(=O)N1CCCC(C=O)C1. The molecule has 1 unspecified atom stereocenters. The fourth-order valence-corrected chi connectivity index (χ4v) is 3.86. The number of aldehydes is 1. The van der Waals surface area contributed by atoms with Crippen molar-refractivity contribution >= 4 is 16.3 Å². The monoisotopic (exact) mass is 261 g/mol. The molecular formula is C12H23NO3S. The number of carbonyl (C=O) groups is 1. The molecule has 0 saturated carbocycles. The van der Waals surface area contributed by atoms with Crippen LogP contribution in [0.4, 0.5) is 0 Å². The molecule has 0 radical (unpaired) electrons. The van der Waals surface area contributed by atoms with E-state index in [-0.39, 0.29) is 17.1 Å². The van der Waals surface area contributed by atoms with Gasteiger partial charge < -0.3 is 4.79 Å². The lowest BCUT2D eigenvalue weighted by Crippen LogP contribution is -2.41. The molecule has 0 aromatic heterocycles. The first-order chi connectivity index (χ1) is 7.74. The molecule has 100 valence electrons. The Bertz CT molecular complexity index is 356. The third kappa shape index (κ3) is 4.76. The molecule has 0 spiro atoms. The van der Waals surface area contributed by atoms with Crippen LogP contribution in [0.5, 0.6) is 0 Å². The van der Waals surface area contributed by atoms with E-state index in [1.165, 1.54) is 4.31 Å². The highest BCUT2D eigenvalue weighted by Crippen LogP contribution is 2.23. The predicted molar refractivity (Wildman–Crippen MR) is 68.2 cm³/mol. The lowest BCUT2D eigenvalue weighted by atomic mass is 9.94. The number of rotatable bonds is 4. The van der Waals surface area contributed by atoms with Gasteiger partial charge in [-0.3, -0.25) is 0 Å². The normalized spacial score (nSPS) is 23.6. The molecule has 1 rings (SSSR count). The minimum atomic E-state index is -3.19. The van der Waals surface area contributed by atoms with Crippen LogP contribution in [0.1, 0.15) is 40.0 Å². The highest BCUT2D eigenvalue weighted by atomic mass is 32.2. The van der Waals surface area contributed by atoms with Crippen molar-refractivity contribution in [1.82, 2.24) is 4.31 Å². The summed E-state index contributed by atoms with van der Waals surface area (Å²) in [5.74, 6) is 0.0652. The van der Waals surface area contributed by atoms with Gasteiger partial charge in [-0.1, -0.05) is 20.8 Å². The number of piperidine rings is 1. The van der Waals surface area contributed by atoms with Gasteiger partial charge in [0.25, 0.3) is 0 Å². The molecule has 0 aromatic carbocycles. The Balaban J connectivity index is 2.60. The van der Waals surface area contributed by atoms with Gasteiger partial charge in [-0.15, -0.1) is 0 Å². The van der Waals surface area contributed by atoms with Gasteiger partial charge >= 0.3 is 0 Å². The highest BCUT2D eigenvalue weighted by molar-refractivity contribution is 7.89. The second-order valence-corrected chi connectivity index (χ2v) is 8.11. The van der Waals surface area contributed by atoms with Gasteiger partial charge in [0, 0.05) is 19.0 Å². The largest absolute Gasteiger partial charge is 0.303 e. The first-order valence-corrected chi connectivity index (χ1v) is 7.79. The number of hydrogen-bond acceptors (Lipinski definition) is 3. The quantitative estimate of drug-likeness (QED) is 0.723. The van der Waals surface area contributed by atoms with Gasteiger partial charge in [0.1, 0.15) is 6.29 Å². The molecule has 0 aliphatic carbocycles. The van der Waals surface area contributed by atoms with Crippen molar-refractivity contribution in [3.8, 4) is 0 Å². The van der Waals surface area contributed by atoms with Crippen LogP contribution in [0.2, 0.25) is 0 Å². The third-order valence-electron chi connectivity index (χ3n) is 3.12. The molecule has 0 aromatic rings. The zero-order valence-corrected chi connectivity index (χ0v) is 11.8. The molecule has 17 heavy (non-hydrogen) atoms. The van der Waals surface area contributed by atoms with E-state index in [9.17, 15) is 13.2 Å². The standard InChI is InChI=1S/C12H23NO3S/c1-12(2,3)6-8-17(15,16)13-7-4-5-11(9-13)10-14/h10-11H,4-9H2,1-3H3. The molecule has 0 amide bonds. The van der Waals surface area contributed by atoms with E-state index in [1.54, 1.807) is 0 Å². The molecule has 1 aliphatic heterocycles. The van der Waals surface area contributed by atoms with Crippen LogP contribution < -0.4 is 0 Å². The minimum Gasteiger partial charge on any atom is -0.303 e. The molecule has 5 heteroatoms. The summed E-state index contributed by atoms with van der Waals surface area (Å²) >= 11 is 0. The van der Waals surface area contributed by atoms with E-state index in [0.29, 0.717) is 19.5 Å². The van der Waals surface area contributed by atoms with Crippen molar-refractivity contribution in [3.05, 3.63) is 0 Å². The second kappa shape index (κ2) is 5.48. The van der Waals surface area contributed by atoms with Crippen molar-refractivity contribution in [2.24, 2.45) is 11.3 Å². The van der Waals surface area contributed by atoms with Crippen LogP contribution in [-0.4, -0.2) is 37.9 Å². The Morgan fingerprint density at radius 3 is 2.53 bits per heavy atom. The van der Waals surface area contributed by atoms with Gasteiger partial charge in [0.15, 0.2) is 0 Å². The predicted octanol–water partition coefficient (Wildman–Crippen LogP) is 1.66. The van der Waals surface area contributed by atoms with Gasteiger partial charge in [0.05, 0.1) is 5.75 Å². The minimum absolute atomic E-state index is 0.0208. The van der Waals surface area contributed by atoms with E-state index >= 15 is 0 Å². The Morgan fingerprint density at radius 2 is 2.00 bits per heavy atom. The van der Waals surface area contributed by atoms with Crippen LogP contribution in [-0.2, 0) is 14.8 Å². The van der Waals surface area contributed by atoms with Gasteiger partial charge in [-0.05, 0) is 24.7 Å². The molecular weight excluding hydrogens is 238 g/mol. The van der Waals surface area contributed by atoms with E-state index in [2.05, 4.69) is 0 Å². The zero-order chi connectivity index (χ0) is 13.1. The number of sulfonamides is 1. The lowest BCUT2D eigenvalue weighted by molar-refractivity contribution is -0.112. The molecule has 4 nitrogen and oxygen atoms in total. The van der Waals surface area contributed by atoms with Gasteiger partial charge in [0.2, 0.25) is 10.0 Å². The van der Waals surface area contributed by atoms with Crippen LogP contribution in [0.15, 0.2) is 0 Å². The van der Waals surface area contributed by atoms with E-state index in [1.807, 2.05) is 20.8 Å². The topological polar surface area (TPSA) is 54.5 Å². The number of hydrogen-bond donors (Lipinski definition) is 0. The Morgan fingerprint density at radius 1 is 1.35 bits per heavy atom. The number of carbonyl (C=O) groups excluding carboxylic acids is 1. The highest BCUT2D eigenvalue weighted by Gasteiger charge is 2.29. The summed E-state index contributed by atoms with van der Waals surface area (Å²) in [5.41, 5.74) is 0.0208. The lowest BCUT2D eigenvalue weighted by Gasteiger charge is -2.30. The average Bonchev–Trinajstić information content (AvgIpc) is 2.26. The van der Waals surface area contributed by atoms with Gasteiger partial charge in [-0.2, -0.15) is 0 Å². The fourth-order valence-electron chi connectivity index (χ4n) is 1.90. The molecule has 0 bridgehead atoms. The fraction of sp³-hybridized carbons (Fsp3) is 0.917. The summed E-state index contributed by atoms with van der Waals surface area (Å²) in [6.45, 7) is 7.04. The Kier molecular flexibility index (Phi) is 4.72. The maximum Gasteiger partial charge on any atom is 0.214 e. The summed E-state index contributed by atoms with van der Waals surface area (Å²) in [6, 6.07) is 0. The van der Waals surface area contributed by atoms with Crippen LogP contribution in [0, 0.1) is 11.3 Å². The van der Waals surface area contributed by atoms with Crippen LogP contribution in [0.25, 0.3) is 0 Å². The second-order valence-electron chi connectivity index (χ2n) is 6.02. The molecule has 1 saturated heterocycles. The average molecular weight is 261 g/mol. The van der Waals surface area contributed by atoms with E-state index in [4.69, 9.17) is 0 Å². The van der Waals surface area contributed by atoms with Crippen molar-refractivity contribution in [2.75, 3.05) is 18.8 Å². The van der Waals surface area contributed by atoms with Crippen LogP contribution >= 0.6 is 0 Å². The summed E-state index contributed by atoms with van der Waals surface area (Å²) < 4.78 is 25.7. The first-order valence-electron chi connectivity index (χ1n) is 6.18. The molecule has 1 heterocycles. The smallest absolute Gasteiger partial charge is 0.214 e. The van der Waals surface area contributed by atoms with E-state index < -0.39 is 10.0 Å². The Labute approximate surface area is 104 Å². The van der Waals surface area contributed by atoms with Gasteiger partial charge in [-0.25, -0.2) is 12.7 Å². The Hall–Kier alpha value is -0.420. The molecule has 1 atom stereocenters. The maximum absolute atomic E-state index is 12.1. The summed E-state index contributed by atoms with van der Waals surface area (Å²) in [4.78, 5) is 10.7. The molecule has 1 aliphatic rings. The number of nitrogens with zero attached hydrogens (tertiary/aromatic N) is 1. The molecule has 0 N–H and O–H groups in total. The summed E-state index contributed by atoms with van der Waals surface area (Å²) in [7, 11) is -3.19. The third-order valence-corrected chi connectivity index (χ3v) is 4.95. The summed E-state index contributed by atoms with van der Waals surface area (Å²) in [5, 5.41) is 0. The maximum atomic E-state index is 12.1. The van der Waals surface area contributed by atoms with Crippen LogP contribution in [0.3, 0.4) is 0 Å². The van der Waals surface area contributed by atoms with E-state index in [0.717, 1.165) is 19.1 Å². The molecule has 1 fully saturated rings. The van der Waals surface area contributed by atoms with Crippen molar-refractivity contribution < 1.29 is 13.2 Å². The first kappa shape index (κ1) is 14.6.